The molecule has 9 nitrogen and oxygen atoms in total. The van der Waals surface area contributed by atoms with Crippen LogP contribution in [0.15, 0.2) is 52.7 Å². The minimum atomic E-state index is -0.710. The monoisotopic (exact) mass is 315 g/mol. The summed E-state index contributed by atoms with van der Waals surface area (Å²) < 4.78 is 0. The highest BCUT2D eigenvalue weighted by molar-refractivity contribution is 5.56. The number of nitro benzene ring substituents is 2. The number of azo groups is 1. The molecule has 2 aromatic carbocycles. The highest BCUT2D eigenvalue weighted by atomic mass is 16.6. The first-order valence-electron chi connectivity index (χ1n) is 6.50. The quantitative estimate of drug-likeness (QED) is 0.470. The maximum absolute atomic E-state index is 10.8. The van der Waals surface area contributed by atoms with Crippen molar-refractivity contribution in [2.75, 3.05) is 19.0 Å². The molecule has 23 heavy (non-hydrogen) atoms. The van der Waals surface area contributed by atoms with Gasteiger partial charge in [-0.3, -0.25) is 20.2 Å². The van der Waals surface area contributed by atoms with E-state index in [0.717, 1.165) is 23.9 Å². The number of nitro groups is 2. The molecule has 0 bridgehead atoms. The van der Waals surface area contributed by atoms with Gasteiger partial charge in [0, 0.05) is 31.9 Å². The summed E-state index contributed by atoms with van der Waals surface area (Å²) in [5.74, 6) is 0. The van der Waals surface area contributed by atoms with E-state index in [1.165, 1.54) is 0 Å². The molecule has 2 aromatic rings. The smallest absolute Gasteiger partial charge is 0.278 e. The minimum absolute atomic E-state index is 0.0441. The molecule has 0 spiro atoms. The Morgan fingerprint density at radius 3 is 1.74 bits per heavy atom. The summed E-state index contributed by atoms with van der Waals surface area (Å²) in [4.78, 5) is 22.1. The van der Waals surface area contributed by atoms with E-state index in [1.807, 2.05) is 31.1 Å². The van der Waals surface area contributed by atoms with Gasteiger partial charge in [0.05, 0.1) is 27.3 Å². The van der Waals surface area contributed by atoms with Gasteiger partial charge in [-0.1, -0.05) is 0 Å². The average Bonchev–Trinajstić information content (AvgIpc) is 2.52. The summed E-state index contributed by atoms with van der Waals surface area (Å²) in [6.45, 7) is 0. The number of hydrogen-bond acceptors (Lipinski definition) is 7. The zero-order chi connectivity index (χ0) is 17.0. The van der Waals surface area contributed by atoms with E-state index >= 15 is 0 Å². The topological polar surface area (TPSA) is 114 Å². The molecule has 0 amide bonds. The lowest BCUT2D eigenvalue weighted by molar-refractivity contribution is -0.394. The second-order valence-corrected chi connectivity index (χ2v) is 4.83. The molecule has 0 aromatic heterocycles. The van der Waals surface area contributed by atoms with Crippen LogP contribution in [-0.4, -0.2) is 23.9 Å². The van der Waals surface area contributed by atoms with Crippen molar-refractivity contribution in [3.8, 4) is 0 Å². The van der Waals surface area contributed by atoms with E-state index < -0.39 is 21.2 Å². The fourth-order valence-electron chi connectivity index (χ4n) is 1.78. The molecule has 2 rings (SSSR count). The minimum Gasteiger partial charge on any atom is -0.378 e. The molecule has 0 radical (unpaired) electrons. The van der Waals surface area contributed by atoms with Crippen molar-refractivity contribution in [1.29, 1.82) is 0 Å². The maximum atomic E-state index is 10.8. The Balaban J connectivity index is 2.31. The van der Waals surface area contributed by atoms with Crippen molar-refractivity contribution in [2.24, 2.45) is 10.2 Å². The lowest BCUT2D eigenvalue weighted by Gasteiger charge is -2.11. The third kappa shape index (κ3) is 4.06. The predicted octanol–water partition coefficient (Wildman–Crippen LogP) is 3.98. The molecule has 0 fully saturated rings. The van der Waals surface area contributed by atoms with Gasteiger partial charge in [-0.25, -0.2) is 0 Å². The van der Waals surface area contributed by atoms with Gasteiger partial charge in [-0.15, -0.1) is 0 Å². The Hall–Kier alpha value is -3.36. The van der Waals surface area contributed by atoms with Crippen LogP contribution in [0.5, 0.6) is 0 Å². The van der Waals surface area contributed by atoms with E-state index in [-0.39, 0.29) is 5.69 Å². The summed E-state index contributed by atoms with van der Waals surface area (Å²) in [6.07, 6.45) is 0. The molecule has 0 aliphatic carbocycles. The van der Waals surface area contributed by atoms with Crippen molar-refractivity contribution < 1.29 is 9.85 Å². The average molecular weight is 315 g/mol. The first-order chi connectivity index (χ1) is 10.9. The fraction of sp³-hybridized carbons (Fsp3) is 0.143. The Labute approximate surface area is 131 Å². The summed E-state index contributed by atoms with van der Waals surface area (Å²) in [6, 6.07) is 10.3. The predicted molar refractivity (Wildman–Crippen MR) is 84.7 cm³/mol. The Morgan fingerprint density at radius 2 is 1.30 bits per heavy atom. The van der Waals surface area contributed by atoms with Gasteiger partial charge in [0.25, 0.3) is 11.4 Å². The van der Waals surface area contributed by atoms with Crippen LogP contribution >= 0.6 is 0 Å². The van der Waals surface area contributed by atoms with E-state index in [0.29, 0.717) is 5.69 Å². The number of nitrogens with zero attached hydrogens (tertiary/aromatic N) is 5. The van der Waals surface area contributed by atoms with E-state index in [1.54, 1.807) is 12.1 Å². The summed E-state index contributed by atoms with van der Waals surface area (Å²) in [5, 5.41) is 29.4. The van der Waals surface area contributed by atoms with Crippen LogP contribution in [0.2, 0.25) is 0 Å². The zero-order valence-electron chi connectivity index (χ0n) is 12.4. The number of non-ortho nitro benzene ring substituents is 2. The largest absolute Gasteiger partial charge is 0.378 e. The van der Waals surface area contributed by atoms with Crippen LogP contribution in [-0.2, 0) is 0 Å². The number of benzene rings is 2. The van der Waals surface area contributed by atoms with Crippen molar-refractivity contribution in [3.05, 3.63) is 62.7 Å². The van der Waals surface area contributed by atoms with Crippen LogP contribution in [0, 0.1) is 20.2 Å². The third-order valence-corrected chi connectivity index (χ3v) is 2.96. The highest BCUT2D eigenvalue weighted by Crippen LogP contribution is 2.29. The third-order valence-electron chi connectivity index (χ3n) is 2.96. The molecule has 9 heteroatoms. The van der Waals surface area contributed by atoms with Crippen LogP contribution in [0.1, 0.15) is 0 Å². The summed E-state index contributed by atoms with van der Waals surface area (Å²) >= 11 is 0. The molecule has 0 saturated heterocycles. The second-order valence-electron chi connectivity index (χ2n) is 4.83. The zero-order valence-corrected chi connectivity index (χ0v) is 12.4. The van der Waals surface area contributed by atoms with Gasteiger partial charge in [0.2, 0.25) is 0 Å². The molecule has 118 valence electrons. The molecule has 0 atom stereocenters. The lowest BCUT2D eigenvalue weighted by Crippen LogP contribution is -2.07. The van der Waals surface area contributed by atoms with E-state index in [4.69, 9.17) is 0 Å². The molecule has 0 aliphatic heterocycles. The summed E-state index contributed by atoms with van der Waals surface area (Å²) in [7, 11) is 3.80. The van der Waals surface area contributed by atoms with Gasteiger partial charge < -0.3 is 4.90 Å². The Bertz CT molecular complexity index is 739. The molecule has 0 aliphatic rings. The summed E-state index contributed by atoms with van der Waals surface area (Å²) in [5.41, 5.74) is 0.745. The molecular formula is C14H13N5O4. The fourth-order valence-corrected chi connectivity index (χ4v) is 1.78. The van der Waals surface area contributed by atoms with Crippen molar-refractivity contribution in [2.45, 2.75) is 0 Å². The van der Waals surface area contributed by atoms with E-state index in [2.05, 4.69) is 10.2 Å². The van der Waals surface area contributed by atoms with Gasteiger partial charge in [-0.2, -0.15) is 10.2 Å². The first-order valence-corrected chi connectivity index (χ1v) is 6.50. The number of anilines is 1. The van der Waals surface area contributed by atoms with Crippen LogP contribution in [0.3, 0.4) is 0 Å². The normalized spacial score (nSPS) is 10.7. The van der Waals surface area contributed by atoms with Gasteiger partial charge in [0.1, 0.15) is 0 Å². The van der Waals surface area contributed by atoms with Crippen LogP contribution in [0.4, 0.5) is 28.4 Å². The second kappa shape index (κ2) is 6.60. The molecule has 0 heterocycles. The van der Waals surface area contributed by atoms with Crippen molar-refractivity contribution in [1.82, 2.24) is 0 Å². The first kappa shape index (κ1) is 16.0. The molecule has 0 unspecified atom stereocenters. The van der Waals surface area contributed by atoms with Gasteiger partial charge >= 0.3 is 0 Å². The molecular weight excluding hydrogens is 302 g/mol. The standard InChI is InChI=1S/C14H13N5O4/c1-17(2)12-5-3-10(4-6-12)15-16-11-7-13(18(20)21)9-14(8-11)19(22)23/h3-9H,1-2H3. The number of hydrogen-bond donors (Lipinski definition) is 0. The van der Waals surface area contributed by atoms with Crippen molar-refractivity contribution in [3.63, 3.8) is 0 Å². The molecule has 0 N–H and O–H groups in total. The highest BCUT2D eigenvalue weighted by Gasteiger charge is 2.16. The van der Waals surface area contributed by atoms with E-state index in [9.17, 15) is 20.2 Å². The SMILES string of the molecule is CN(C)c1ccc(N=Nc2cc([N+](=O)[O-])cc([N+](=O)[O-])c2)cc1. The van der Waals surface area contributed by atoms with Gasteiger partial charge in [-0.05, 0) is 24.3 Å². The Kier molecular flexibility index (Phi) is 4.60. The number of rotatable bonds is 5. The van der Waals surface area contributed by atoms with Crippen LogP contribution in [0.25, 0.3) is 0 Å². The Morgan fingerprint density at radius 1 is 0.826 bits per heavy atom. The van der Waals surface area contributed by atoms with Gasteiger partial charge in [0.15, 0.2) is 0 Å². The molecule has 0 saturated carbocycles. The van der Waals surface area contributed by atoms with Crippen LogP contribution < -0.4 is 4.90 Å². The maximum Gasteiger partial charge on any atom is 0.278 e. The van der Waals surface area contributed by atoms with Crippen molar-refractivity contribution >= 4 is 28.4 Å². The lowest BCUT2D eigenvalue weighted by atomic mass is 10.2.